The number of carbonyl (C=O) groups excluding carboxylic acids is 2. The van der Waals surface area contributed by atoms with Gasteiger partial charge in [0, 0.05) is 5.57 Å². The molecule has 0 aromatic heterocycles. The van der Waals surface area contributed by atoms with Crippen molar-refractivity contribution in [3.63, 3.8) is 0 Å². The van der Waals surface area contributed by atoms with Crippen LogP contribution in [0.1, 0.15) is 20.3 Å². The molecule has 0 atom stereocenters. The zero-order chi connectivity index (χ0) is 11.8. The van der Waals surface area contributed by atoms with Gasteiger partial charge in [0.2, 0.25) is 0 Å². The lowest BCUT2D eigenvalue weighted by atomic mass is 10.4. The zero-order valence-corrected chi connectivity index (χ0v) is 8.78. The van der Waals surface area contributed by atoms with Crippen LogP contribution in [0.5, 0.6) is 0 Å². The Hall–Kier alpha value is -1.78. The molecule has 0 aliphatic heterocycles. The second kappa shape index (κ2) is 6.64. The van der Waals surface area contributed by atoms with E-state index in [1.807, 2.05) is 6.92 Å². The average molecular weight is 214 g/mol. The highest BCUT2D eigenvalue weighted by Gasteiger charge is 2.10. The summed E-state index contributed by atoms with van der Waals surface area (Å²) in [5.74, 6) is -2.40. The second-order valence-electron chi connectivity index (χ2n) is 2.82. The first-order valence-electron chi connectivity index (χ1n) is 4.42. The van der Waals surface area contributed by atoms with Crippen molar-refractivity contribution >= 4 is 11.9 Å². The third-order valence-electron chi connectivity index (χ3n) is 1.24. The van der Waals surface area contributed by atoms with E-state index in [4.69, 9.17) is 5.11 Å². The van der Waals surface area contributed by atoms with Crippen molar-refractivity contribution in [2.24, 2.45) is 0 Å². The Morgan fingerprint density at radius 2 is 2.07 bits per heavy atom. The van der Waals surface area contributed by atoms with Crippen LogP contribution in [-0.2, 0) is 19.1 Å². The summed E-state index contributed by atoms with van der Waals surface area (Å²) < 4.78 is 8.95. The lowest BCUT2D eigenvalue weighted by molar-refractivity contribution is -0.153. The highest BCUT2D eigenvalue weighted by Crippen LogP contribution is 1.97. The molecular formula is C10H14O5. The average Bonchev–Trinajstić information content (AvgIpc) is 2.14. The van der Waals surface area contributed by atoms with Crippen LogP contribution < -0.4 is 0 Å². The predicted octanol–water partition coefficient (Wildman–Crippen LogP) is 1.46. The molecule has 0 aromatic rings. The van der Waals surface area contributed by atoms with Crippen LogP contribution in [0.15, 0.2) is 24.2 Å². The van der Waals surface area contributed by atoms with E-state index in [1.165, 1.54) is 6.92 Å². The van der Waals surface area contributed by atoms with E-state index in [0.717, 1.165) is 0 Å². The molecule has 0 aromatic carbocycles. The number of aliphatic hydroxyl groups excluding tert-OH is 1. The molecule has 0 saturated heterocycles. The molecule has 0 saturated carbocycles. The van der Waals surface area contributed by atoms with Crippen LogP contribution in [0.2, 0.25) is 0 Å². The van der Waals surface area contributed by atoms with Crippen molar-refractivity contribution in [2.75, 3.05) is 6.61 Å². The van der Waals surface area contributed by atoms with E-state index >= 15 is 0 Å². The largest absolute Gasteiger partial charge is 0.481 e. The van der Waals surface area contributed by atoms with Crippen LogP contribution in [-0.4, -0.2) is 23.7 Å². The van der Waals surface area contributed by atoms with E-state index < -0.39 is 17.9 Å². The summed E-state index contributed by atoms with van der Waals surface area (Å²) in [6.45, 7) is 6.83. The monoisotopic (exact) mass is 214 g/mol. The number of aliphatic hydroxyl groups is 1. The normalized spacial score (nSPS) is 10.7. The SMILES string of the molecule is C=C(C)C(=O)OC(=O)C=C(O)OCCC. The van der Waals surface area contributed by atoms with Gasteiger partial charge < -0.3 is 14.6 Å². The molecule has 5 heteroatoms. The summed E-state index contributed by atoms with van der Waals surface area (Å²) in [5.41, 5.74) is 0.103. The molecule has 0 spiro atoms. The molecular weight excluding hydrogens is 200 g/mol. The molecule has 5 nitrogen and oxygen atoms in total. The Bertz CT molecular complexity index is 290. The highest BCUT2D eigenvalue weighted by molar-refractivity contribution is 5.98. The van der Waals surface area contributed by atoms with Gasteiger partial charge >= 0.3 is 11.9 Å². The van der Waals surface area contributed by atoms with Gasteiger partial charge in [-0.1, -0.05) is 13.5 Å². The highest BCUT2D eigenvalue weighted by atomic mass is 16.6. The fraction of sp³-hybridized carbons (Fsp3) is 0.400. The summed E-state index contributed by atoms with van der Waals surface area (Å²) >= 11 is 0. The Labute approximate surface area is 88.0 Å². The van der Waals surface area contributed by atoms with Gasteiger partial charge in [-0.25, -0.2) is 9.59 Å². The number of carbonyl (C=O) groups is 2. The first-order chi connectivity index (χ1) is 6.97. The van der Waals surface area contributed by atoms with Gasteiger partial charge in [0.1, 0.15) is 6.08 Å². The maximum Gasteiger partial charge on any atom is 0.345 e. The molecule has 0 amide bonds. The van der Waals surface area contributed by atoms with E-state index in [1.54, 1.807) is 0 Å². The number of rotatable bonds is 5. The van der Waals surface area contributed by atoms with Crippen molar-refractivity contribution in [3.05, 3.63) is 24.2 Å². The number of ether oxygens (including phenoxy) is 2. The van der Waals surface area contributed by atoms with Crippen LogP contribution >= 0.6 is 0 Å². The quantitative estimate of drug-likeness (QED) is 0.324. The first kappa shape index (κ1) is 13.2. The molecule has 0 aliphatic carbocycles. The minimum atomic E-state index is -0.989. The Kier molecular flexibility index (Phi) is 5.85. The van der Waals surface area contributed by atoms with Gasteiger partial charge in [0.25, 0.3) is 5.95 Å². The molecule has 0 rings (SSSR count). The second-order valence-corrected chi connectivity index (χ2v) is 2.82. The number of hydrogen-bond acceptors (Lipinski definition) is 5. The molecule has 1 N–H and O–H groups in total. The third-order valence-corrected chi connectivity index (χ3v) is 1.24. The van der Waals surface area contributed by atoms with Gasteiger partial charge in [0.15, 0.2) is 0 Å². The van der Waals surface area contributed by atoms with Crippen LogP contribution in [0, 0.1) is 0 Å². The number of hydrogen-bond donors (Lipinski definition) is 1. The molecule has 15 heavy (non-hydrogen) atoms. The van der Waals surface area contributed by atoms with Crippen LogP contribution in [0.25, 0.3) is 0 Å². The molecule has 84 valence electrons. The lowest BCUT2D eigenvalue weighted by Gasteiger charge is -2.02. The minimum Gasteiger partial charge on any atom is -0.481 e. The summed E-state index contributed by atoms with van der Waals surface area (Å²) in [5, 5.41) is 9.01. The fourth-order valence-electron chi connectivity index (χ4n) is 0.557. The van der Waals surface area contributed by atoms with Gasteiger partial charge in [-0.3, -0.25) is 0 Å². The topological polar surface area (TPSA) is 72.8 Å². The van der Waals surface area contributed by atoms with Crippen molar-refractivity contribution in [2.45, 2.75) is 20.3 Å². The smallest absolute Gasteiger partial charge is 0.345 e. The van der Waals surface area contributed by atoms with Crippen LogP contribution in [0.3, 0.4) is 0 Å². The molecule has 0 radical (unpaired) electrons. The molecule has 0 fully saturated rings. The summed E-state index contributed by atoms with van der Waals surface area (Å²) in [6, 6.07) is 0. The summed E-state index contributed by atoms with van der Waals surface area (Å²) in [7, 11) is 0. The fourth-order valence-corrected chi connectivity index (χ4v) is 0.557. The van der Waals surface area contributed by atoms with Crippen LogP contribution in [0.4, 0.5) is 0 Å². The molecule has 0 unspecified atom stereocenters. The van der Waals surface area contributed by atoms with Crippen molar-refractivity contribution in [3.8, 4) is 0 Å². The van der Waals surface area contributed by atoms with Gasteiger partial charge in [-0.15, -0.1) is 0 Å². The zero-order valence-electron chi connectivity index (χ0n) is 8.78. The van der Waals surface area contributed by atoms with Crippen molar-refractivity contribution in [1.82, 2.24) is 0 Å². The molecule has 0 bridgehead atoms. The Morgan fingerprint density at radius 3 is 2.53 bits per heavy atom. The van der Waals surface area contributed by atoms with E-state index in [0.29, 0.717) is 12.5 Å². The van der Waals surface area contributed by atoms with E-state index in [9.17, 15) is 9.59 Å². The lowest BCUT2D eigenvalue weighted by Crippen LogP contribution is -2.11. The van der Waals surface area contributed by atoms with Gasteiger partial charge in [0.05, 0.1) is 6.61 Å². The van der Waals surface area contributed by atoms with Gasteiger partial charge in [-0.05, 0) is 13.3 Å². The maximum absolute atomic E-state index is 10.9. The maximum atomic E-state index is 10.9. The van der Waals surface area contributed by atoms with E-state index in [2.05, 4.69) is 16.1 Å². The summed E-state index contributed by atoms with van der Waals surface area (Å²) in [6.07, 6.45) is 1.38. The number of esters is 2. The molecule has 0 heterocycles. The molecule has 0 aliphatic rings. The van der Waals surface area contributed by atoms with E-state index in [-0.39, 0.29) is 12.2 Å². The first-order valence-corrected chi connectivity index (χ1v) is 4.42. The van der Waals surface area contributed by atoms with Crippen molar-refractivity contribution < 1.29 is 24.2 Å². The third kappa shape index (κ3) is 6.31. The van der Waals surface area contributed by atoms with Crippen molar-refractivity contribution in [1.29, 1.82) is 0 Å². The van der Waals surface area contributed by atoms with Gasteiger partial charge in [-0.2, -0.15) is 0 Å². The summed E-state index contributed by atoms with van der Waals surface area (Å²) in [4.78, 5) is 21.8. The standard InChI is InChI=1S/C10H14O5/c1-4-5-14-8(11)6-9(12)15-10(13)7(2)3/h6,11H,2,4-5H2,1,3H3. The minimum absolute atomic E-state index is 0.103. The predicted molar refractivity (Wildman–Crippen MR) is 52.9 cm³/mol. The Morgan fingerprint density at radius 1 is 1.47 bits per heavy atom. The Balaban J connectivity index is 4.12.